The minimum atomic E-state index is -0.851. The Kier molecular flexibility index (Phi) is 11.5. The maximum Gasteiger partial charge on any atom is 0.136 e. The molecule has 1 aliphatic rings. The van der Waals surface area contributed by atoms with E-state index in [0.717, 1.165) is 66.4 Å². The highest BCUT2D eigenvalue weighted by molar-refractivity contribution is 6.15. The molecule has 14 aromatic rings. The van der Waals surface area contributed by atoms with E-state index in [4.69, 9.17) is 4.42 Å². The van der Waals surface area contributed by atoms with Gasteiger partial charge in [0.2, 0.25) is 0 Å². The van der Waals surface area contributed by atoms with Crippen molar-refractivity contribution < 1.29 is 4.42 Å². The molecule has 0 amide bonds. The van der Waals surface area contributed by atoms with E-state index in [1.165, 1.54) is 77.9 Å². The number of hydrogen-bond acceptors (Lipinski definition) is 1. The highest BCUT2D eigenvalue weighted by Gasteiger charge is 2.48. The molecule has 15 rings (SSSR count). The van der Waals surface area contributed by atoms with Crippen molar-refractivity contribution in [3.63, 3.8) is 0 Å². The van der Waals surface area contributed by atoms with Gasteiger partial charge in [-0.2, -0.15) is 0 Å². The largest absolute Gasteiger partial charge is 0.456 e. The van der Waals surface area contributed by atoms with Crippen molar-refractivity contribution in [3.8, 4) is 100 Å². The molecule has 0 saturated heterocycles. The monoisotopic (exact) mass is 1020 g/mol. The lowest BCUT2D eigenvalue weighted by molar-refractivity contribution is 0.668. The van der Waals surface area contributed by atoms with Crippen LogP contribution in [0.5, 0.6) is 0 Å². The molecule has 0 atom stereocenters. The molecule has 0 saturated carbocycles. The predicted molar refractivity (Wildman–Crippen MR) is 335 cm³/mol. The Morgan fingerprint density at radius 3 is 0.950 bits per heavy atom. The Labute approximate surface area is 467 Å². The number of benzene rings is 13. The van der Waals surface area contributed by atoms with Gasteiger partial charge in [-0.25, -0.2) is 0 Å². The maximum absolute atomic E-state index is 6.77. The van der Waals surface area contributed by atoms with Crippen molar-refractivity contribution in [3.05, 3.63) is 338 Å². The van der Waals surface area contributed by atoms with Crippen LogP contribution in [-0.2, 0) is 5.41 Å². The van der Waals surface area contributed by atoms with E-state index in [-0.39, 0.29) is 0 Å². The topological polar surface area (TPSA) is 13.1 Å². The fourth-order valence-electron chi connectivity index (χ4n) is 12.8. The summed E-state index contributed by atoms with van der Waals surface area (Å²) < 4.78 is 6.77. The van der Waals surface area contributed by atoms with Crippen molar-refractivity contribution in [1.82, 2.24) is 0 Å². The number of furan rings is 1. The Hall–Kier alpha value is -10.3. The normalized spacial score (nSPS) is 12.3. The second-order valence-electron chi connectivity index (χ2n) is 21.1. The summed E-state index contributed by atoms with van der Waals surface area (Å²) in [5.74, 6) is 0. The van der Waals surface area contributed by atoms with Crippen LogP contribution in [0.4, 0.5) is 0 Å². The molecule has 0 fully saturated rings. The van der Waals surface area contributed by atoms with Gasteiger partial charge in [0.1, 0.15) is 11.2 Å². The lowest BCUT2D eigenvalue weighted by Gasteiger charge is -2.35. The second-order valence-corrected chi connectivity index (χ2v) is 21.1. The average Bonchev–Trinajstić information content (AvgIpc) is 4.14. The summed E-state index contributed by atoms with van der Waals surface area (Å²) in [5, 5.41) is 2.25. The summed E-state index contributed by atoms with van der Waals surface area (Å²) in [6.07, 6.45) is 0. The summed E-state index contributed by atoms with van der Waals surface area (Å²) in [6, 6.07) is 116. The van der Waals surface area contributed by atoms with Gasteiger partial charge in [0, 0.05) is 10.8 Å². The van der Waals surface area contributed by atoms with Gasteiger partial charge in [-0.05, 0) is 195 Å². The van der Waals surface area contributed by atoms with Gasteiger partial charge in [0.05, 0.1) is 5.41 Å². The van der Waals surface area contributed by atoms with Gasteiger partial charge < -0.3 is 4.42 Å². The van der Waals surface area contributed by atoms with E-state index >= 15 is 0 Å². The number of hydrogen-bond donors (Lipinski definition) is 0. The smallest absolute Gasteiger partial charge is 0.136 e. The summed E-state index contributed by atoms with van der Waals surface area (Å²) in [4.78, 5) is 0. The van der Waals surface area contributed by atoms with Gasteiger partial charge in [-0.1, -0.05) is 243 Å². The van der Waals surface area contributed by atoms with Crippen LogP contribution in [0.15, 0.2) is 320 Å². The minimum Gasteiger partial charge on any atom is -0.456 e. The van der Waals surface area contributed by atoms with Gasteiger partial charge >= 0.3 is 0 Å². The Morgan fingerprint density at radius 1 is 0.212 bits per heavy atom. The van der Waals surface area contributed by atoms with Crippen LogP contribution >= 0.6 is 0 Å². The summed E-state index contributed by atoms with van der Waals surface area (Å²) in [7, 11) is 0. The number of para-hydroxylation sites is 1. The zero-order valence-corrected chi connectivity index (χ0v) is 43.9. The van der Waals surface area contributed by atoms with Crippen LogP contribution in [0.3, 0.4) is 0 Å². The van der Waals surface area contributed by atoms with Crippen molar-refractivity contribution in [1.29, 1.82) is 0 Å². The molecule has 1 heteroatoms. The molecule has 0 aliphatic heterocycles. The lowest BCUT2D eigenvalue weighted by atomic mass is 9.66. The Balaban J connectivity index is 1.07. The van der Waals surface area contributed by atoms with E-state index in [1.54, 1.807) is 0 Å². The van der Waals surface area contributed by atoms with Crippen LogP contribution in [-0.4, -0.2) is 0 Å². The first-order chi connectivity index (χ1) is 39.6. The summed E-state index contributed by atoms with van der Waals surface area (Å²) in [5.41, 5.74) is 26.7. The highest BCUT2D eigenvalue weighted by Crippen LogP contribution is 2.60. The molecule has 1 aliphatic carbocycles. The quantitative estimate of drug-likeness (QED) is 0.133. The standard InChI is InChI=1S/C79H52O/c1-5-21-53(22-6-1)57-29-17-33-61(43-57)65-47-66(62-34-18-30-58(44-62)54-23-7-2-8-24-54)50-69(49-65)79(73-39-15-13-37-71(73)77-74(79)41-42-76-78(77)72-38-14-16-40-75(72)80-76)70-51-67(63-35-19-31-59(45-63)55-25-9-3-10-26-55)48-68(52-70)64-36-20-32-60(46-64)56-27-11-4-12-28-56/h1-52H. The first kappa shape index (κ1) is 46.9. The van der Waals surface area contributed by atoms with Crippen molar-refractivity contribution in [2.75, 3.05) is 0 Å². The molecular weight excluding hydrogens is 965 g/mol. The molecule has 0 unspecified atom stereocenters. The van der Waals surface area contributed by atoms with Crippen molar-refractivity contribution in [2.24, 2.45) is 0 Å². The van der Waals surface area contributed by atoms with Gasteiger partial charge in [0.25, 0.3) is 0 Å². The van der Waals surface area contributed by atoms with Gasteiger partial charge in [-0.3, -0.25) is 0 Å². The molecule has 374 valence electrons. The van der Waals surface area contributed by atoms with Crippen LogP contribution < -0.4 is 0 Å². The molecular formula is C79H52O. The summed E-state index contributed by atoms with van der Waals surface area (Å²) in [6.45, 7) is 0. The third-order valence-electron chi connectivity index (χ3n) is 16.5. The predicted octanol–water partition coefficient (Wildman–Crippen LogP) is 21.3. The van der Waals surface area contributed by atoms with Gasteiger partial charge in [0.15, 0.2) is 0 Å². The van der Waals surface area contributed by atoms with E-state index in [0.29, 0.717) is 0 Å². The fourth-order valence-corrected chi connectivity index (χ4v) is 12.8. The Morgan fingerprint density at radius 2 is 0.537 bits per heavy atom. The summed E-state index contributed by atoms with van der Waals surface area (Å²) >= 11 is 0. The van der Waals surface area contributed by atoms with E-state index in [1.807, 2.05) is 0 Å². The first-order valence-corrected chi connectivity index (χ1v) is 27.6. The minimum absolute atomic E-state index is 0.851. The zero-order chi connectivity index (χ0) is 53.0. The van der Waals surface area contributed by atoms with E-state index in [2.05, 4.69) is 315 Å². The SMILES string of the molecule is c1ccc(-c2cccc(-c3cc(-c4cccc(-c5ccccc5)c4)cc(C4(c5cc(-c6cccc(-c7ccccc7)c6)cc(-c6cccc(-c7ccccc7)c6)c5)c5ccccc5-c5c4ccc4oc6ccccc6c54)c3)c2)cc1. The van der Waals surface area contributed by atoms with E-state index < -0.39 is 5.41 Å². The molecule has 0 bridgehead atoms. The van der Waals surface area contributed by atoms with Crippen LogP contribution in [0, 0.1) is 0 Å². The fraction of sp³-hybridized carbons (Fsp3) is 0.0127. The first-order valence-electron chi connectivity index (χ1n) is 27.6. The molecule has 13 aromatic carbocycles. The average molecular weight is 1020 g/mol. The van der Waals surface area contributed by atoms with Crippen molar-refractivity contribution in [2.45, 2.75) is 5.41 Å². The molecule has 1 aromatic heterocycles. The molecule has 0 spiro atoms. The van der Waals surface area contributed by atoms with Crippen LogP contribution in [0.25, 0.3) is 122 Å². The third kappa shape index (κ3) is 8.10. The molecule has 80 heavy (non-hydrogen) atoms. The molecule has 0 radical (unpaired) electrons. The highest BCUT2D eigenvalue weighted by atomic mass is 16.3. The van der Waals surface area contributed by atoms with Gasteiger partial charge in [-0.15, -0.1) is 0 Å². The Bertz CT molecular complexity index is 4210. The molecule has 1 heterocycles. The lowest BCUT2D eigenvalue weighted by Crippen LogP contribution is -2.29. The van der Waals surface area contributed by atoms with E-state index in [9.17, 15) is 0 Å². The second kappa shape index (κ2) is 19.6. The third-order valence-corrected chi connectivity index (χ3v) is 16.5. The molecule has 0 N–H and O–H groups in total. The number of fused-ring (bicyclic) bond motifs is 7. The van der Waals surface area contributed by atoms with Crippen molar-refractivity contribution >= 4 is 21.9 Å². The maximum atomic E-state index is 6.77. The van der Waals surface area contributed by atoms with Crippen LogP contribution in [0.2, 0.25) is 0 Å². The molecule has 1 nitrogen and oxygen atoms in total. The zero-order valence-electron chi connectivity index (χ0n) is 43.9. The van der Waals surface area contributed by atoms with Crippen LogP contribution in [0.1, 0.15) is 22.3 Å². The number of rotatable bonds is 10.